The van der Waals surface area contributed by atoms with Gasteiger partial charge in [0.15, 0.2) is 0 Å². The smallest absolute Gasteiger partial charge is 0.335 e. The van der Waals surface area contributed by atoms with Crippen molar-refractivity contribution in [2.45, 2.75) is 0 Å². The van der Waals surface area contributed by atoms with Gasteiger partial charge in [-0.3, -0.25) is 4.79 Å². The molecule has 0 unspecified atom stereocenters. The van der Waals surface area contributed by atoms with Gasteiger partial charge in [0.05, 0.1) is 5.56 Å². The van der Waals surface area contributed by atoms with E-state index in [1.165, 1.54) is 24.3 Å². The summed E-state index contributed by atoms with van der Waals surface area (Å²) in [5.74, 6) is -1.63. The predicted molar refractivity (Wildman–Crippen MR) is 52.0 cm³/mol. The number of rotatable bonds is 4. The molecule has 0 radical (unpaired) electrons. The van der Waals surface area contributed by atoms with Gasteiger partial charge in [-0.1, -0.05) is 4.99 Å². The van der Waals surface area contributed by atoms with Crippen molar-refractivity contribution < 1.29 is 24.0 Å². The van der Waals surface area contributed by atoms with Gasteiger partial charge in [0.25, 0.3) is 5.91 Å². The molecule has 0 saturated heterocycles. The largest absolute Gasteiger partial charge is 0.478 e. The summed E-state index contributed by atoms with van der Waals surface area (Å²) in [5.41, 5.74) is 2.25. The molecule has 2 N–H and O–H groups in total. The molecule has 0 spiro atoms. The van der Waals surface area contributed by atoms with E-state index in [0.29, 0.717) is 0 Å². The lowest BCUT2D eigenvalue weighted by Crippen LogP contribution is -2.22. The monoisotopic (exact) mass is 229 g/mol. The fraction of sp³-hybridized carbons (Fsp3) is 0. The Bertz CT molecular complexity index is 364. The summed E-state index contributed by atoms with van der Waals surface area (Å²) in [7, 11) is 0. The molecule has 1 aromatic rings. The minimum Gasteiger partial charge on any atom is -0.478 e. The van der Waals surface area contributed by atoms with E-state index < -0.39 is 11.9 Å². The maximum absolute atomic E-state index is 11.2. The van der Waals surface area contributed by atoms with Crippen LogP contribution in [0.3, 0.4) is 0 Å². The zero-order valence-electron chi connectivity index (χ0n) is 7.34. The Kier molecular flexibility index (Phi) is 4.10. The molecule has 7 heteroatoms. The molecule has 1 amide bonds. The number of hydrogen-bond acceptors (Lipinski definition) is 5. The summed E-state index contributed by atoms with van der Waals surface area (Å²) in [6.07, 6.45) is 0. The first-order chi connectivity index (χ1) is 7.15. The lowest BCUT2D eigenvalue weighted by Gasteiger charge is -2.01. The number of hydroxylamine groups is 1. The van der Waals surface area contributed by atoms with Crippen LogP contribution in [0.1, 0.15) is 20.7 Å². The molecule has 1 rings (SSSR count). The molecular formula is C8H7NO5S. The SMILES string of the molecule is O=C(O)c1ccc(C(=O)NOOS)cc1. The molecule has 0 aromatic heterocycles. The topological polar surface area (TPSA) is 84.9 Å². The minimum absolute atomic E-state index is 0.0953. The first kappa shape index (κ1) is 11.5. The second-order valence-electron chi connectivity index (χ2n) is 2.47. The number of carbonyl (C=O) groups is 2. The number of amides is 1. The van der Waals surface area contributed by atoms with Crippen LogP contribution in [0.5, 0.6) is 0 Å². The normalized spacial score (nSPS) is 9.67. The predicted octanol–water partition coefficient (Wildman–Crippen LogP) is 0.823. The second-order valence-corrected chi connectivity index (χ2v) is 2.62. The van der Waals surface area contributed by atoms with Crippen molar-refractivity contribution in [3.8, 4) is 0 Å². The van der Waals surface area contributed by atoms with Crippen LogP contribution in [0.4, 0.5) is 0 Å². The third-order valence-electron chi connectivity index (χ3n) is 1.57. The van der Waals surface area contributed by atoms with E-state index in [1.54, 1.807) is 0 Å². The number of thiol groups is 1. The van der Waals surface area contributed by atoms with Gasteiger partial charge in [0.1, 0.15) is 0 Å². The average Bonchev–Trinajstić information content (AvgIpc) is 2.26. The maximum Gasteiger partial charge on any atom is 0.335 e. The summed E-state index contributed by atoms with van der Waals surface area (Å²) in [6.45, 7) is 0. The van der Waals surface area contributed by atoms with E-state index in [2.05, 4.69) is 22.2 Å². The van der Waals surface area contributed by atoms with E-state index in [-0.39, 0.29) is 11.1 Å². The highest BCUT2D eigenvalue weighted by Crippen LogP contribution is 2.04. The van der Waals surface area contributed by atoms with Crippen LogP contribution in [0.15, 0.2) is 24.3 Å². The Morgan fingerprint density at radius 2 is 1.73 bits per heavy atom. The number of carboxylic acid groups (broad SMARTS) is 1. The van der Waals surface area contributed by atoms with Gasteiger partial charge in [-0.25, -0.2) is 4.79 Å². The van der Waals surface area contributed by atoms with Crippen LogP contribution < -0.4 is 5.48 Å². The van der Waals surface area contributed by atoms with E-state index in [1.807, 2.05) is 5.48 Å². The van der Waals surface area contributed by atoms with Crippen molar-refractivity contribution in [3.63, 3.8) is 0 Å². The second kappa shape index (κ2) is 5.35. The molecular weight excluding hydrogens is 222 g/mol. The molecule has 0 aliphatic heterocycles. The standard InChI is InChI=1S/C8H7NO5S/c10-7(9-13-14-15)5-1-3-6(4-2-5)8(11)12/h1-4,15H,(H,9,10)(H,11,12). The number of nitrogens with one attached hydrogen (secondary N) is 1. The van der Waals surface area contributed by atoms with Crippen LogP contribution in [-0.4, -0.2) is 17.0 Å². The Labute approximate surface area is 90.3 Å². The quantitative estimate of drug-likeness (QED) is 0.308. The van der Waals surface area contributed by atoms with E-state index in [4.69, 9.17) is 5.11 Å². The van der Waals surface area contributed by atoms with Crippen molar-refractivity contribution in [2.24, 2.45) is 0 Å². The molecule has 80 valence electrons. The molecule has 0 heterocycles. The fourth-order valence-corrected chi connectivity index (χ4v) is 0.917. The summed E-state index contributed by atoms with van der Waals surface area (Å²) in [6, 6.07) is 5.30. The Morgan fingerprint density at radius 3 is 2.20 bits per heavy atom. The number of benzene rings is 1. The summed E-state index contributed by atoms with van der Waals surface area (Å²) >= 11 is 3.24. The zero-order valence-corrected chi connectivity index (χ0v) is 8.23. The van der Waals surface area contributed by atoms with E-state index >= 15 is 0 Å². The molecule has 0 atom stereocenters. The van der Waals surface area contributed by atoms with Crippen molar-refractivity contribution in [3.05, 3.63) is 35.4 Å². The van der Waals surface area contributed by atoms with Crippen molar-refractivity contribution in [1.82, 2.24) is 5.48 Å². The highest BCUT2D eigenvalue weighted by Gasteiger charge is 2.07. The number of carboxylic acids is 1. The van der Waals surface area contributed by atoms with Crippen molar-refractivity contribution in [2.75, 3.05) is 0 Å². The summed E-state index contributed by atoms with van der Waals surface area (Å²) in [4.78, 5) is 25.8. The van der Waals surface area contributed by atoms with Crippen molar-refractivity contribution >= 4 is 24.8 Å². The lowest BCUT2D eigenvalue weighted by atomic mass is 10.1. The Hall–Kier alpha value is -1.57. The molecule has 0 aliphatic carbocycles. The minimum atomic E-state index is -1.06. The van der Waals surface area contributed by atoms with Gasteiger partial charge in [-0.2, -0.15) is 5.48 Å². The van der Waals surface area contributed by atoms with Crippen LogP contribution in [0.2, 0.25) is 0 Å². The summed E-state index contributed by atoms with van der Waals surface area (Å²) in [5, 5.41) is 8.60. The molecule has 0 bridgehead atoms. The van der Waals surface area contributed by atoms with Gasteiger partial charge in [-0.15, -0.1) is 4.33 Å². The molecule has 6 nitrogen and oxygen atoms in total. The van der Waals surface area contributed by atoms with Crippen LogP contribution >= 0.6 is 12.9 Å². The van der Waals surface area contributed by atoms with Crippen LogP contribution in [0, 0.1) is 0 Å². The first-order valence-electron chi connectivity index (χ1n) is 3.76. The number of aromatic carboxylic acids is 1. The van der Waals surface area contributed by atoms with Crippen LogP contribution in [0.25, 0.3) is 0 Å². The number of hydrogen-bond donors (Lipinski definition) is 3. The van der Waals surface area contributed by atoms with E-state index in [0.717, 1.165) is 0 Å². The third-order valence-corrected chi connectivity index (χ3v) is 1.64. The van der Waals surface area contributed by atoms with Gasteiger partial charge < -0.3 is 5.11 Å². The van der Waals surface area contributed by atoms with Crippen molar-refractivity contribution in [1.29, 1.82) is 0 Å². The van der Waals surface area contributed by atoms with Gasteiger partial charge in [-0.05, 0) is 24.3 Å². The van der Waals surface area contributed by atoms with Crippen LogP contribution in [-0.2, 0) is 9.32 Å². The van der Waals surface area contributed by atoms with Gasteiger partial charge in [0.2, 0.25) is 0 Å². The number of carbonyl (C=O) groups excluding carboxylic acids is 1. The van der Waals surface area contributed by atoms with Gasteiger partial charge in [0, 0.05) is 18.5 Å². The molecule has 0 fully saturated rings. The Balaban J connectivity index is 2.71. The maximum atomic E-state index is 11.2. The molecule has 0 aliphatic rings. The molecule has 0 saturated carbocycles. The van der Waals surface area contributed by atoms with E-state index in [9.17, 15) is 9.59 Å². The highest BCUT2D eigenvalue weighted by atomic mass is 32.1. The zero-order chi connectivity index (χ0) is 11.3. The highest BCUT2D eigenvalue weighted by molar-refractivity contribution is 7.74. The average molecular weight is 229 g/mol. The third kappa shape index (κ3) is 3.24. The Morgan fingerprint density at radius 1 is 1.20 bits per heavy atom. The first-order valence-corrected chi connectivity index (χ1v) is 4.12. The summed E-state index contributed by atoms with van der Waals surface area (Å²) < 4.78 is 3.86. The van der Waals surface area contributed by atoms with Gasteiger partial charge >= 0.3 is 5.97 Å². The lowest BCUT2D eigenvalue weighted by molar-refractivity contribution is -0.227. The molecule has 1 aromatic carbocycles. The molecule has 15 heavy (non-hydrogen) atoms. The fourth-order valence-electron chi connectivity index (χ4n) is 0.880.